The van der Waals surface area contributed by atoms with Crippen LogP contribution in [0.25, 0.3) is 0 Å². The fraction of sp³-hybridized carbons (Fsp3) is 0.571. The van der Waals surface area contributed by atoms with E-state index in [4.69, 9.17) is 0 Å². The molecule has 0 fully saturated rings. The summed E-state index contributed by atoms with van der Waals surface area (Å²) in [7, 11) is 0. The first-order valence-corrected chi connectivity index (χ1v) is 6.22. The second-order valence-corrected chi connectivity index (χ2v) is 4.54. The van der Waals surface area contributed by atoms with Crippen LogP contribution in [-0.2, 0) is 12.6 Å². The maximum Gasteiger partial charge on any atom is 0.416 e. The lowest BCUT2D eigenvalue weighted by Gasteiger charge is -2.20. The average molecular weight is 260 g/mol. The van der Waals surface area contributed by atoms with Gasteiger partial charge in [-0.05, 0) is 30.0 Å². The van der Waals surface area contributed by atoms with Crippen LogP contribution in [0, 0.1) is 5.92 Å². The van der Waals surface area contributed by atoms with Crippen LogP contribution in [0.1, 0.15) is 37.8 Å². The van der Waals surface area contributed by atoms with Gasteiger partial charge in [0, 0.05) is 0 Å². The molecular weight excluding hydrogens is 241 g/mol. The number of rotatable bonds is 5. The third kappa shape index (κ3) is 4.02. The molecule has 102 valence electrons. The minimum absolute atomic E-state index is 0.201. The Morgan fingerprint density at radius 2 is 1.56 bits per heavy atom. The highest BCUT2D eigenvalue weighted by atomic mass is 19.4. The van der Waals surface area contributed by atoms with E-state index in [9.17, 15) is 18.3 Å². The van der Waals surface area contributed by atoms with Crippen LogP contribution in [0.4, 0.5) is 13.2 Å². The van der Waals surface area contributed by atoms with Crippen molar-refractivity contribution in [3.63, 3.8) is 0 Å². The molecule has 0 saturated heterocycles. The number of hydrogen-bond acceptors (Lipinski definition) is 1. The Kier molecular flexibility index (Phi) is 5.20. The topological polar surface area (TPSA) is 20.2 Å². The van der Waals surface area contributed by atoms with Crippen LogP contribution in [0.2, 0.25) is 0 Å². The molecule has 0 aliphatic heterocycles. The molecule has 4 heteroatoms. The fourth-order valence-corrected chi connectivity index (χ4v) is 2.07. The van der Waals surface area contributed by atoms with Crippen LogP contribution in [0.3, 0.4) is 0 Å². The summed E-state index contributed by atoms with van der Waals surface area (Å²) in [6.45, 7) is 4.01. The molecular formula is C14H19F3O. The maximum absolute atomic E-state index is 12.4. The van der Waals surface area contributed by atoms with Gasteiger partial charge in [0.2, 0.25) is 0 Å². The predicted octanol–water partition coefficient (Wildman–Crippen LogP) is 4.05. The van der Waals surface area contributed by atoms with Crippen molar-refractivity contribution in [2.45, 2.75) is 45.4 Å². The number of hydrogen-bond donors (Lipinski definition) is 1. The smallest absolute Gasteiger partial charge is 0.392 e. The summed E-state index contributed by atoms with van der Waals surface area (Å²) in [6.07, 6.45) is -2.63. The third-order valence-corrected chi connectivity index (χ3v) is 3.32. The fourth-order valence-electron chi connectivity index (χ4n) is 2.07. The average Bonchev–Trinajstić information content (AvgIpc) is 2.30. The van der Waals surface area contributed by atoms with Gasteiger partial charge in [0.1, 0.15) is 0 Å². The van der Waals surface area contributed by atoms with Crippen LogP contribution >= 0.6 is 0 Å². The lowest BCUT2D eigenvalue weighted by Crippen LogP contribution is -2.21. The van der Waals surface area contributed by atoms with E-state index in [0.717, 1.165) is 30.5 Å². The molecule has 18 heavy (non-hydrogen) atoms. The summed E-state index contributed by atoms with van der Waals surface area (Å²) in [5.41, 5.74) is 0.0886. The molecule has 0 saturated carbocycles. The van der Waals surface area contributed by atoms with Gasteiger partial charge in [0.25, 0.3) is 0 Å². The van der Waals surface area contributed by atoms with Crippen molar-refractivity contribution < 1.29 is 18.3 Å². The molecule has 0 aliphatic rings. The first-order valence-electron chi connectivity index (χ1n) is 6.22. The zero-order valence-corrected chi connectivity index (χ0v) is 10.7. The first-order chi connectivity index (χ1) is 8.38. The SMILES string of the molecule is CCC(CC)C(O)Cc1ccc(C(F)(F)F)cc1. The van der Waals surface area contributed by atoms with E-state index in [1.54, 1.807) is 0 Å². The van der Waals surface area contributed by atoms with Gasteiger partial charge < -0.3 is 5.11 Å². The van der Waals surface area contributed by atoms with Gasteiger partial charge in [-0.15, -0.1) is 0 Å². The number of aliphatic hydroxyl groups excluding tert-OH is 1. The van der Waals surface area contributed by atoms with E-state index < -0.39 is 17.8 Å². The Morgan fingerprint density at radius 3 is 1.94 bits per heavy atom. The Balaban J connectivity index is 2.69. The summed E-state index contributed by atoms with van der Waals surface area (Å²) < 4.78 is 37.1. The second-order valence-electron chi connectivity index (χ2n) is 4.54. The van der Waals surface area contributed by atoms with Crippen LogP contribution in [0.15, 0.2) is 24.3 Å². The van der Waals surface area contributed by atoms with Crippen molar-refractivity contribution in [1.82, 2.24) is 0 Å². The molecule has 0 bridgehead atoms. The molecule has 1 unspecified atom stereocenters. The van der Waals surface area contributed by atoms with E-state index in [1.807, 2.05) is 13.8 Å². The van der Waals surface area contributed by atoms with E-state index in [0.29, 0.717) is 6.42 Å². The highest BCUT2D eigenvalue weighted by molar-refractivity contribution is 5.25. The van der Waals surface area contributed by atoms with Gasteiger partial charge in [0.15, 0.2) is 0 Å². The summed E-state index contributed by atoms with van der Waals surface area (Å²) in [4.78, 5) is 0. The highest BCUT2D eigenvalue weighted by Gasteiger charge is 2.30. The molecule has 1 aromatic rings. The largest absolute Gasteiger partial charge is 0.416 e. The van der Waals surface area contributed by atoms with Gasteiger partial charge in [-0.2, -0.15) is 13.2 Å². The summed E-state index contributed by atoms with van der Waals surface area (Å²) >= 11 is 0. The van der Waals surface area contributed by atoms with Crippen molar-refractivity contribution in [2.24, 2.45) is 5.92 Å². The highest BCUT2D eigenvalue weighted by Crippen LogP contribution is 2.29. The summed E-state index contributed by atoms with van der Waals surface area (Å²) in [5, 5.41) is 9.97. The monoisotopic (exact) mass is 260 g/mol. The molecule has 0 radical (unpaired) electrons. The standard InChI is InChI=1S/C14H19F3O/c1-3-11(4-2)13(18)9-10-5-7-12(8-6-10)14(15,16)17/h5-8,11,13,18H,3-4,9H2,1-2H3. The summed E-state index contributed by atoms with van der Waals surface area (Å²) in [5.74, 6) is 0.201. The van der Waals surface area contributed by atoms with Gasteiger partial charge in [-0.3, -0.25) is 0 Å². The third-order valence-electron chi connectivity index (χ3n) is 3.32. The van der Waals surface area contributed by atoms with E-state index in [2.05, 4.69) is 0 Å². The Morgan fingerprint density at radius 1 is 1.06 bits per heavy atom. The predicted molar refractivity (Wildman–Crippen MR) is 65.2 cm³/mol. The van der Waals surface area contributed by atoms with Gasteiger partial charge in [0.05, 0.1) is 11.7 Å². The molecule has 1 nitrogen and oxygen atoms in total. The normalized spacial score (nSPS) is 13.9. The second kappa shape index (κ2) is 6.23. The first kappa shape index (κ1) is 15.0. The van der Waals surface area contributed by atoms with Crippen molar-refractivity contribution in [3.8, 4) is 0 Å². The molecule has 0 aliphatic carbocycles. The molecule has 0 heterocycles. The zero-order chi connectivity index (χ0) is 13.8. The minimum Gasteiger partial charge on any atom is -0.392 e. The molecule has 0 spiro atoms. The number of halogens is 3. The lowest BCUT2D eigenvalue weighted by molar-refractivity contribution is -0.137. The van der Waals surface area contributed by atoms with E-state index >= 15 is 0 Å². The number of aliphatic hydroxyl groups is 1. The molecule has 1 rings (SSSR count). The van der Waals surface area contributed by atoms with Crippen molar-refractivity contribution in [3.05, 3.63) is 35.4 Å². The number of alkyl halides is 3. The molecule has 1 N–H and O–H groups in total. The Labute approximate surface area is 106 Å². The van der Waals surface area contributed by atoms with E-state index in [-0.39, 0.29) is 5.92 Å². The van der Waals surface area contributed by atoms with Crippen molar-refractivity contribution in [1.29, 1.82) is 0 Å². The van der Waals surface area contributed by atoms with E-state index in [1.165, 1.54) is 12.1 Å². The molecule has 1 atom stereocenters. The maximum atomic E-state index is 12.4. The van der Waals surface area contributed by atoms with Crippen molar-refractivity contribution in [2.75, 3.05) is 0 Å². The van der Waals surface area contributed by atoms with Gasteiger partial charge in [-0.25, -0.2) is 0 Å². The van der Waals surface area contributed by atoms with Crippen LogP contribution in [-0.4, -0.2) is 11.2 Å². The minimum atomic E-state index is -4.30. The van der Waals surface area contributed by atoms with Crippen molar-refractivity contribution >= 4 is 0 Å². The molecule has 1 aromatic carbocycles. The summed E-state index contributed by atoms with van der Waals surface area (Å²) in [6, 6.07) is 5.01. The number of benzene rings is 1. The van der Waals surface area contributed by atoms with Gasteiger partial charge >= 0.3 is 6.18 Å². The molecule has 0 aromatic heterocycles. The Bertz CT molecular complexity index is 352. The molecule has 0 amide bonds. The van der Waals surface area contributed by atoms with Gasteiger partial charge in [-0.1, -0.05) is 38.8 Å². The quantitative estimate of drug-likeness (QED) is 0.847. The van der Waals surface area contributed by atoms with Crippen LogP contribution < -0.4 is 0 Å². The Hall–Kier alpha value is -1.03. The lowest BCUT2D eigenvalue weighted by atomic mass is 9.91. The van der Waals surface area contributed by atoms with Crippen LogP contribution in [0.5, 0.6) is 0 Å². The zero-order valence-electron chi connectivity index (χ0n) is 10.7.